The zero-order valence-corrected chi connectivity index (χ0v) is 21.2. The number of ether oxygens (including phenoxy) is 1. The molecule has 5 aromatic rings. The third kappa shape index (κ3) is 4.54. The Morgan fingerprint density at radius 1 is 1.11 bits per heavy atom. The van der Waals surface area contributed by atoms with Gasteiger partial charge in [-0.15, -0.1) is 5.73 Å². The third-order valence-corrected chi connectivity index (χ3v) is 6.18. The molecular weight excluding hydrogens is 483 g/mol. The fraction of sp³-hybridized carbons (Fsp3) is 0.179. The number of nitrogens with one attached hydrogen (secondary N) is 2. The van der Waals surface area contributed by atoms with E-state index < -0.39 is 0 Å². The maximum Gasteiger partial charge on any atom is 0.161 e. The summed E-state index contributed by atoms with van der Waals surface area (Å²) in [5.41, 5.74) is 9.66. The standard InChI is InChI=1S/C28H25FN8O/c1-36(2)10-11-38-20-13-17(12-19(29)14-20)21-6-4-5-7-23-25(21)33-28(32-23)27-26-24(34-35-27)9-8-22(31-26)18-15-30-37(3)16-18/h4,6-9,12-16H,10-11H2,1-3H3,(H,32,33)(H,34,35). The van der Waals surface area contributed by atoms with Crippen molar-refractivity contribution < 1.29 is 9.13 Å². The summed E-state index contributed by atoms with van der Waals surface area (Å²) >= 11 is 0. The Hall–Kier alpha value is -4.79. The number of halogens is 1. The molecular formula is C28H25FN8O. The molecule has 0 aliphatic heterocycles. The van der Waals surface area contributed by atoms with Crippen LogP contribution >= 0.6 is 0 Å². The molecule has 0 atom stereocenters. The summed E-state index contributed by atoms with van der Waals surface area (Å²) in [5, 5.41) is 11.8. The number of likely N-dealkylation sites (N-methyl/N-ethyl adjacent to an activating group) is 1. The van der Waals surface area contributed by atoms with Gasteiger partial charge >= 0.3 is 0 Å². The van der Waals surface area contributed by atoms with E-state index in [0.29, 0.717) is 40.6 Å². The van der Waals surface area contributed by atoms with Crippen LogP contribution < -0.4 is 4.74 Å². The molecule has 38 heavy (non-hydrogen) atoms. The third-order valence-electron chi connectivity index (χ3n) is 6.18. The average molecular weight is 509 g/mol. The number of hydrogen-bond donors (Lipinski definition) is 2. The number of hydrogen-bond acceptors (Lipinski definition) is 6. The van der Waals surface area contributed by atoms with Gasteiger partial charge in [0, 0.05) is 43.1 Å². The minimum absolute atomic E-state index is 0.382. The van der Waals surface area contributed by atoms with Crippen molar-refractivity contribution in [1.82, 2.24) is 39.8 Å². The van der Waals surface area contributed by atoms with Gasteiger partial charge in [-0.05, 0) is 56.1 Å². The lowest BCUT2D eigenvalue weighted by Gasteiger charge is -2.13. The predicted molar refractivity (Wildman–Crippen MR) is 144 cm³/mol. The number of rotatable bonds is 7. The number of aromatic amines is 2. The number of benzene rings is 1. The van der Waals surface area contributed by atoms with E-state index in [9.17, 15) is 4.39 Å². The number of aryl methyl sites for hydroxylation is 1. The zero-order chi connectivity index (χ0) is 26.2. The molecule has 190 valence electrons. The molecule has 0 fully saturated rings. The number of imidazole rings is 1. The van der Waals surface area contributed by atoms with Gasteiger partial charge < -0.3 is 14.6 Å². The van der Waals surface area contributed by atoms with E-state index in [0.717, 1.165) is 34.6 Å². The normalized spacial score (nSPS) is 12.7. The highest BCUT2D eigenvalue weighted by atomic mass is 19.1. The van der Waals surface area contributed by atoms with E-state index in [4.69, 9.17) is 14.7 Å². The van der Waals surface area contributed by atoms with Crippen LogP contribution in [0.25, 0.3) is 45.5 Å². The molecule has 10 heteroatoms. The Morgan fingerprint density at radius 2 is 2.00 bits per heavy atom. The number of pyridine rings is 1. The lowest BCUT2D eigenvalue weighted by atomic mass is 10.0. The second kappa shape index (κ2) is 9.59. The minimum atomic E-state index is -0.382. The van der Waals surface area contributed by atoms with Gasteiger partial charge in [-0.25, -0.2) is 14.4 Å². The summed E-state index contributed by atoms with van der Waals surface area (Å²) in [6.07, 6.45) is 9.15. The number of allylic oxidation sites excluding steroid dienone is 2. The molecule has 4 heterocycles. The highest BCUT2D eigenvalue weighted by molar-refractivity contribution is 5.91. The van der Waals surface area contributed by atoms with Crippen molar-refractivity contribution in [2.24, 2.45) is 7.05 Å². The van der Waals surface area contributed by atoms with Crippen molar-refractivity contribution >= 4 is 22.7 Å². The Bertz CT molecular complexity index is 1750. The van der Waals surface area contributed by atoms with Crippen LogP contribution in [0.4, 0.5) is 4.39 Å². The highest BCUT2D eigenvalue weighted by Gasteiger charge is 2.21. The molecule has 9 nitrogen and oxygen atoms in total. The van der Waals surface area contributed by atoms with Crippen molar-refractivity contribution in [2.45, 2.75) is 0 Å². The number of fused-ring (bicyclic) bond motifs is 2. The van der Waals surface area contributed by atoms with Gasteiger partial charge in [0.15, 0.2) is 11.5 Å². The van der Waals surface area contributed by atoms with Crippen LogP contribution in [0.5, 0.6) is 5.75 Å². The molecule has 0 saturated heterocycles. The van der Waals surface area contributed by atoms with Crippen molar-refractivity contribution in [3.63, 3.8) is 0 Å². The SMILES string of the molecule is CN(C)CCOc1cc(F)cc(C2=CC=C=Cc3[nH]c(-c4n[nH]c5ccc(-c6cnn(C)c6)nc45)nc32)c1. The van der Waals surface area contributed by atoms with Crippen molar-refractivity contribution in [1.29, 1.82) is 0 Å². The van der Waals surface area contributed by atoms with Gasteiger partial charge in [-0.2, -0.15) is 10.2 Å². The summed E-state index contributed by atoms with van der Waals surface area (Å²) in [7, 11) is 5.79. The van der Waals surface area contributed by atoms with Gasteiger partial charge in [0.2, 0.25) is 0 Å². The molecule has 1 aliphatic carbocycles. The van der Waals surface area contributed by atoms with Gasteiger partial charge in [0.05, 0.1) is 28.8 Å². The first kappa shape index (κ1) is 23.6. The minimum Gasteiger partial charge on any atom is -0.492 e. The van der Waals surface area contributed by atoms with Crippen molar-refractivity contribution in [2.75, 3.05) is 27.2 Å². The zero-order valence-electron chi connectivity index (χ0n) is 21.2. The first-order valence-corrected chi connectivity index (χ1v) is 12.1. The van der Waals surface area contributed by atoms with E-state index in [-0.39, 0.29) is 5.82 Å². The Morgan fingerprint density at radius 3 is 2.82 bits per heavy atom. The second-order valence-electron chi connectivity index (χ2n) is 9.30. The monoisotopic (exact) mass is 508 g/mol. The molecule has 0 spiro atoms. The summed E-state index contributed by atoms with van der Waals surface area (Å²) in [5.74, 6) is 0.626. The van der Waals surface area contributed by atoms with E-state index >= 15 is 0 Å². The molecule has 2 N–H and O–H groups in total. The first-order chi connectivity index (χ1) is 18.4. The Balaban J connectivity index is 1.39. The summed E-state index contributed by atoms with van der Waals surface area (Å²) in [4.78, 5) is 15.1. The van der Waals surface area contributed by atoms with Gasteiger partial charge in [0.1, 0.15) is 23.7 Å². The smallest absolute Gasteiger partial charge is 0.161 e. The van der Waals surface area contributed by atoms with Crippen LogP contribution in [0.2, 0.25) is 0 Å². The lowest BCUT2D eigenvalue weighted by molar-refractivity contribution is 0.260. The average Bonchev–Trinajstić information content (AvgIpc) is 3.58. The molecule has 0 amide bonds. The van der Waals surface area contributed by atoms with E-state index in [1.165, 1.54) is 12.1 Å². The fourth-order valence-electron chi connectivity index (χ4n) is 4.31. The molecule has 0 bridgehead atoms. The molecule has 0 saturated carbocycles. The molecule has 6 rings (SSSR count). The summed E-state index contributed by atoms with van der Waals surface area (Å²) in [6.45, 7) is 1.18. The van der Waals surface area contributed by atoms with Crippen LogP contribution in [0.3, 0.4) is 0 Å². The van der Waals surface area contributed by atoms with Crippen molar-refractivity contribution in [3.8, 4) is 28.5 Å². The molecule has 4 aromatic heterocycles. The van der Waals surface area contributed by atoms with Crippen LogP contribution in [-0.4, -0.2) is 67.1 Å². The Labute approximate surface area is 218 Å². The van der Waals surface area contributed by atoms with Crippen LogP contribution in [-0.2, 0) is 7.05 Å². The lowest BCUT2D eigenvalue weighted by Crippen LogP contribution is -2.19. The van der Waals surface area contributed by atoms with Crippen LogP contribution in [0, 0.1) is 5.82 Å². The molecule has 1 aliphatic rings. The molecule has 0 unspecified atom stereocenters. The summed E-state index contributed by atoms with van der Waals surface area (Å²) in [6, 6.07) is 8.56. The van der Waals surface area contributed by atoms with Gasteiger partial charge in [0.25, 0.3) is 0 Å². The Kier molecular flexibility index (Phi) is 5.95. The van der Waals surface area contributed by atoms with E-state index in [2.05, 4.69) is 26.0 Å². The van der Waals surface area contributed by atoms with Gasteiger partial charge in [-0.3, -0.25) is 9.78 Å². The number of aromatic nitrogens is 7. The predicted octanol–water partition coefficient (Wildman–Crippen LogP) is 4.44. The largest absolute Gasteiger partial charge is 0.492 e. The van der Waals surface area contributed by atoms with Gasteiger partial charge in [-0.1, -0.05) is 0 Å². The second-order valence-corrected chi connectivity index (χ2v) is 9.30. The fourth-order valence-corrected chi connectivity index (χ4v) is 4.31. The molecule has 1 aromatic carbocycles. The van der Waals surface area contributed by atoms with Crippen LogP contribution in [0.1, 0.15) is 17.0 Å². The maximum absolute atomic E-state index is 14.6. The summed E-state index contributed by atoms with van der Waals surface area (Å²) < 4.78 is 22.2. The first-order valence-electron chi connectivity index (χ1n) is 12.1. The highest BCUT2D eigenvalue weighted by Crippen LogP contribution is 2.33. The van der Waals surface area contributed by atoms with E-state index in [1.54, 1.807) is 17.0 Å². The quantitative estimate of drug-likeness (QED) is 0.315. The molecule has 0 radical (unpaired) electrons. The van der Waals surface area contributed by atoms with E-state index in [1.807, 2.05) is 62.6 Å². The maximum atomic E-state index is 14.6. The van der Waals surface area contributed by atoms with Crippen molar-refractivity contribution in [3.05, 3.63) is 83.4 Å². The topological polar surface area (TPSA) is 101 Å². The van der Waals surface area contributed by atoms with Crippen LogP contribution in [0.15, 0.2) is 60.6 Å². The number of nitrogens with zero attached hydrogens (tertiary/aromatic N) is 6. The number of H-pyrrole nitrogens is 2.